The molecular formula is C44H47ClN8O6S. The zero-order chi connectivity index (χ0) is 41.8. The Bertz CT molecular complexity index is 2490. The van der Waals surface area contributed by atoms with Gasteiger partial charge in [-0.3, -0.25) is 29.5 Å². The van der Waals surface area contributed by atoms with Crippen LogP contribution in [0.4, 0.5) is 17.1 Å². The molecule has 1 atom stereocenters. The maximum absolute atomic E-state index is 13.9. The van der Waals surface area contributed by atoms with Gasteiger partial charge in [-0.15, -0.1) is 0 Å². The van der Waals surface area contributed by atoms with Gasteiger partial charge in [0.2, 0.25) is 0 Å². The minimum Gasteiger partial charge on any atom is -0.455 e. The summed E-state index contributed by atoms with van der Waals surface area (Å²) in [6, 6.07) is 19.8. The number of hydrogen-bond acceptors (Lipinski definition) is 11. The Morgan fingerprint density at radius 1 is 1.10 bits per heavy atom. The van der Waals surface area contributed by atoms with Gasteiger partial charge in [0.1, 0.15) is 17.1 Å². The molecule has 0 bridgehead atoms. The number of carbonyl (C=O) groups excluding carboxylic acids is 1. The molecule has 8 rings (SSSR count). The molecular weight excluding hydrogens is 804 g/mol. The van der Waals surface area contributed by atoms with Crippen LogP contribution >= 0.6 is 11.6 Å². The van der Waals surface area contributed by atoms with Gasteiger partial charge in [-0.25, -0.2) is 9.19 Å². The van der Waals surface area contributed by atoms with Crippen LogP contribution in [0.2, 0.25) is 5.02 Å². The van der Waals surface area contributed by atoms with Gasteiger partial charge in [0, 0.05) is 86.2 Å². The number of aromatic amines is 1. The number of halogens is 1. The first-order chi connectivity index (χ1) is 29.1. The maximum atomic E-state index is 13.9. The van der Waals surface area contributed by atoms with Gasteiger partial charge in [0.05, 0.1) is 40.3 Å². The Morgan fingerprint density at radius 3 is 2.63 bits per heavy atom. The number of H-pyrrole nitrogens is 1. The minimum atomic E-state index is -2.22. The Kier molecular flexibility index (Phi) is 12.3. The maximum Gasteiger partial charge on any atom is 0.281 e. The fourth-order valence-electron chi connectivity index (χ4n) is 8.44. The number of nitro groups is 1. The molecule has 3 aromatic carbocycles. The van der Waals surface area contributed by atoms with Crippen LogP contribution in [-0.2, 0) is 15.7 Å². The van der Waals surface area contributed by atoms with Crippen LogP contribution < -0.4 is 20.1 Å². The largest absolute Gasteiger partial charge is 0.455 e. The lowest BCUT2D eigenvalue weighted by Crippen LogP contribution is -2.47. The van der Waals surface area contributed by atoms with Gasteiger partial charge in [-0.2, -0.15) is 0 Å². The molecule has 4 N–H and O–H groups in total. The van der Waals surface area contributed by atoms with Crippen molar-refractivity contribution in [2.45, 2.75) is 43.4 Å². The number of carbonyl (C=O) groups is 1. The van der Waals surface area contributed by atoms with Crippen molar-refractivity contribution in [2.75, 3.05) is 63.6 Å². The molecule has 1 unspecified atom stereocenters. The lowest BCUT2D eigenvalue weighted by atomic mass is 9.59. The van der Waals surface area contributed by atoms with Crippen LogP contribution in [0.1, 0.15) is 60.0 Å². The molecule has 1 spiro atoms. The third-order valence-corrected chi connectivity index (χ3v) is 13.2. The number of nitrogens with zero attached hydrogens (tertiary/aromatic N) is 5. The summed E-state index contributed by atoms with van der Waals surface area (Å²) in [5.74, 6) is -0.0619. The molecule has 2 fully saturated rings. The van der Waals surface area contributed by atoms with Gasteiger partial charge in [-0.05, 0) is 91.1 Å². The predicted octanol–water partition coefficient (Wildman–Crippen LogP) is 7.95. The summed E-state index contributed by atoms with van der Waals surface area (Å²) < 4.78 is 27.4. The van der Waals surface area contributed by atoms with E-state index in [1.54, 1.807) is 18.5 Å². The number of nitrogen functional groups attached to an aromatic ring is 1. The molecule has 1 saturated carbocycles. The molecule has 16 heteroatoms. The van der Waals surface area contributed by atoms with Crippen LogP contribution in [-0.4, -0.2) is 89.1 Å². The highest BCUT2D eigenvalue weighted by molar-refractivity contribution is 7.83. The van der Waals surface area contributed by atoms with Crippen molar-refractivity contribution in [1.29, 1.82) is 0 Å². The summed E-state index contributed by atoms with van der Waals surface area (Å²) in [5, 5.41) is 13.6. The molecule has 2 aromatic heterocycles. The SMILES string of the molecule is COCCN=Cc1c(N)cc(S(=O)NC(=O)c2ccc(N3CCN(CC4=C(c5ccc(Cl)cc5)CC5(CCC5)CC4)CC3)cc2Oc2cnc3[nH]ccc3c2)cc1[N+](=O)[O-]. The second-order valence-corrected chi connectivity index (χ2v) is 17.3. The van der Waals surface area contributed by atoms with Crippen LogP contribution in [0.5, 0.6) is 11.5 Å². The van der Waals surface area contributed by atoms with Crippen molar-refractivity contribution in [3.8, 4) is 11.5 Å². The Morgan fingerprint density at radius 2 is 1.90 bits per heavy atom. The van der Waals surface area contributed by atoms with Gasteiger partial charge in [0.25, 0.3) is 11.6 Å². The first-order valence-electron chi connectivity index (χ1n) is 20.1. The number of benzene rings is 3. The van der Waals surface area contributed by atoms with Crippen molar-refractivity contribution < 1.29 is 23.4 Å². The second kappa shape index (κ2) is 17.9. The highest BCUT2D eigenvalue weighted by Crippen LogP contribution is 2.55. The van der Waals surface area contributed by atoms with Crippen molar-refractivity contribution in [3.05, 3.63) is 117 Å². The van der Waals surface area contributed by atoms with Crippen LogP contribution in [0.25, 0.3) is 16.6 Å². The molecule has 14 nitrogen and oxygen atoms in total. The number of amides is 1. The average Bonchev–Trinajstić information content (AvgIpc) is 3.71. The quantitative estimate of drug-likeness (QED) is 0.0326. The summed E-state index contributed by atoms with van der Waals surface area (Å²) in [6.45, 7) is 4.80. The molecule has 5 aromatic rings. The van der Waals surface area contributed by atoms with Gasteiger partial charge in [0.15, 0.2) is 11.0 Å². The number of methoxy groups -OCH3 is 1. The van der Waals surface area contributed by atoms with E-state index in [4.69, 9.17) is 26.8 Å². The molecule has 312 valence electrons. The number of nitrogens with two attached hydrogens (primary N) is 1. The van der Waals surface area contributed by atoms with E-state index in [1.165, 1.54) is 61.8 Å². The third kappa shape index (κ3) is 9.09. The first kappa shape index (κ1) is 41.1. The molecule has 2 aliphatic carbocycles. The fraction of sp³-hybridized carbons (Fsp3) is 0.341. The minimum absolute atomic E-state index is 0.0105. The summed E-state index contributed by atoms with van der Waals surface area (Å²) >= 11 is 6.27. The zero-order valence-corrected chi connectivity index (χ0v) is 34.9. The van der Waals surface area contributed by atoms with E-state index in [9.17, 15) is 19.1 Å². The van der Waals surface area contributed by atoms with Gasteiger partial charge < -0.3 is 25.1 Å². The number of nitro benzene ring substituents is 1. The summed E-state index contributed by atoms with van der Waals surface area (Å²) in [5.41, 5.74) is 12.3. The van der Waals surface area contributed by atoms with Crippen LogP contribution in [0.3, 0.4) is 0 Å². The number of aromatic nitrogens is 2. The van der Waals surface area contributed by atoms with Gasteiger partial charge in [-0.1, -0.05) is 35.7 Å². The van der Waals surface area contributed by atoms with Gasteiger partial charge >= 0.3 is 0 Å². The van der Waals surface area contributed by atoms with E-state index < -0.39 is 27.5 Å². The smallest absolute Gasteiger partial charge is 0.281 e. The molecule has 1 amide bonds. The number of fused-ring (bicyclic) bond motifs is 1. The van der Waals surface area contributed by atoms with E-state index >= 15 is 0 Å². The molecule has 3 heterocycles. The average molecular weight is 851 g/mol. The predicted molar refractivity (Wildman–Crippen MR) is 235 cm³/mol. The normalized spacial score (nSPS) is 17.3. The summed E-state index contributed by atoms with van der Waals surface area (Å²) in [4.78, 5) is 41.6. The number of allylic oxidation sites excluding steroid dienone is 1. The number of rotatable bonds is 14. The number of pyridine rings is 1. The fourth-order valence-corrected chi connectivity index (χ4v) is 9.41. The molecule has 1 aliphatic heterocycles. The van der Waals surface area contributed by atoms with E-state index in [1.807, 2.05) is 36.4 Å². The lowest BCUT2D eigenvalue weighted by Gasteiger charge is -2.47. The standard InChI is InChI=1S/C44H47ClN8O6S/c1-58-20-15-47-27-38-39(46)23-35(24-40(38)53(55)56)60(57)50-43(54)36-8-7-33(22-41(36)59-34-21-30-10-14-48-42(30)49-26-34)52-18-16-51(17-19-52)28-31-9-13-44(11-2-12-44)25-37(31)29-3-5-32(45)6-4-29/h3-8,10,14,21-24,26-27H,2,9,11-13,15-20,25,28,46H2,1H3,(H,48,49)(H,50,54). The van der Waals surface area contributed by atoms with E-state index in [0.717, 1.165) is 67.7 Å². The van der Waals surface area contributed by atoms with Crippen molar-refractivity contribution in [2.24, 2.45) is 10.4 Å². The van der Waals surface area contributed by atoms with Crippen molar-refractivity contribution in [1.82, 2.24) is 19.6 Å². The number of piperazine rings is 1. The topological polar surface area (TPSA) is 181 Å². The lowest BCUT2D eigenvalue weighted by molar-refractivity contribution is -0.385. The molecule has 60 heavy (non-hydrogen) atoms. The Hall–Kier alpha value is -5.61. The third-order valence-electron chi connectivity index (χ3n) is 11.9. The Labute approximate surface area is 355 Å². The van der Waals surface area contributed by atoms with Crippen LogP contribution in [0.15, 0.2) is 94.6 Å². The first-order valence-corrected chi connectivity index (χ1v) is 21.6. The number of ether oxygens (including phenoxy) is 2. The number of hydrogen-bond donors (Lipinski definition) is 3. The molecule has 0 radical (unpaired) electrons. The number of nitrogens with one attached hydrogen (secondary N) is 2. The highest BCUT2D eigenvalue weighted by atomic mass is 35.5. The molecule has 1 saturated heterocycles. The highest BCUT2D eigenvalue weighted by Gasteiger charge is 2.41. The van der Waals surface area contributed by atoms with E-state index in [2.05, 4.69) is 41.6 Å². The Balaban J connectivity index is 1.01. The van der Waals surface area contributed by atoms with E-state index in [-0.39, 0.29) is 34.0 Å². The van der Waals surface area contributed by atoms with Crippen molar-refractivity contribution in [3.63, 3.8) is 0 Å². The summed E-state index contributed by atoms with van der Waals surface area (Å²) in [7, 11) is -0.696. The summed E-state index contributed by atoms with van der Waals surface area (Å²) in [6.07, 6.45) is 12.1. The van der Waals surface area contributed by atoms with E-state index in [0.29, 0.717) is 23.4 Å². The number of aliphatic imine (C=N–C) groups is 1. The number of anilines is 2. The molecule has 3 aliphatic rings. The van der Waals surface area contributed by atoms with Crippen LogP contribution in [0, 0.1) is 15.5 Å². The second-order valence-electron chi connectivity index (χ2n) is 15.7. The van der Waals surface area contributed by atoms with Crippen molar-refractivity contribution >= 4 is 68.4 Å². The monoisotopic (exact) mass is 850 g/mol. The zero-order valence-electron chi connectivity index (χ0n) is 33.3.